The fourth-order valence-electron chi connectivity index (χ4n) is 1.28. The van der Waals surface area contributed by atoms with Gasteiger partial charge in [-0.1, -0.05) is 0 Å². The van der Waals surface area contributed by atoms with E-state index in [4.69, 9.17) is 5.73 Å². The number of carbonyl (C=O) groups is 1. The monoisotopic (exact) mass is 287 g/mol. The average molecular weight is 288 g/mol. The molecule has 0 atom stereocenters. The van der Waals surface area contributed by atoms with E-state index in [9.17, 15) is 4.79 Å². The highest BCUT2D eigenvalue weighted by atomic mass is 79.9. The predicted molar refractivity (Wildman–Crippen MR) is 66.4 cm³/mol. The number of hydrogen-bond acceptors (Lipinski definition) is 5. The lowest BCUT2D eigenvalue weighted by Crippen LogP contribution is -2.34. The molecule has 1 amide bonds. The van der Waals surface area contributed by atoms with Gasteiger partial charge < -0.3 is 16.0 Å². The number of amides is 1. The maximum atomic E-state index is 10.9. The summed E-state index contributed by atoms with van der Waals surface area (Å²) >= 11 is 3.39. The lowest BCUT2D eigenvalue weighted by molar-refractivity contribution is -0.116. The van der Waals surface area contributed by atoms with Crippen LogP contribution in [0, 0.1) is 0 Å². The van der Waals surface area contributed by atoms with E-state index < -0.39 is 5.91 Å². The van der Waals surface area contributed by atoms with Gasteiger partial charge in [-0.15, -0.1) is 0 Å². The van der Waals surface area contributed by atoms with Crippen LogP contribution in [-0.4, -0.2) is 36.0 Å². The summed E-state index contributed by atoms with van der Waals surface area (Å²) in [5, 5.41) is 2.93. The number of nitrogens with one attached hydrogen (secondary N) is 1. The molecule has 16 heavy (non-hydrogen) atoms. The molecule has 0 unspecified atom stereocenters. The van der Waals surface area contributed by atoms with E-state index in [2.05, 4.69) is 31.2 Å². The SMILES string of the molecule is CCN(CC(N)=O)c1ncnc(NC)c1Br. The number of hydrogen-bond donors (Lipinski definition) is 2. The molecule has 0 aliphatic rings. The Kier molecular flexibility index (Phi) is 4.48. The van der Waals surface area contributed by atoms with Crippen LogP contribution < -0.4 is 16.0 Å². The van der Waals surface area contributed by atoms with Gasteiger partial charge >= 0.3 is 0 Å². The number of rotatable bonds is 5. The van der Waals surface area contributed by atoms with Crippen molar-refractivity contribution in [3.63, 3.8) is 0 Å². The van der Waals surface area contributed by atoms with Crippen molar-refractivity contribution in [2.45, 2.75) is 6.92 Å². The first-order valence-corrected chi connectivity index (χ1v) is 5.61. The van der Waals surface area contributed by atoms with E-state index >= 15 is 0 Å². The summed E-state index contributed by atoms with van der Waals surface area (Å²) in [5.41, 5.74) is 5.17. The Morgan fingerprint density at radius 1 is 1.62 bits per heavy atom. The maximum Gasteiger partial charge on any atom is 0.236 e. The van der Waals surface area contributed by atoms with Crippen LogP contribution in [0.5, 0.6) is 0 Å². The van der Waals surface area contributed by atoms with Crippen molar-refractivity contribution in [1.82, 2.24) is 9.97 Å². The van der Waals surface area contributed by atoms with Gasteiger partial charge in [0.2, 0.25) is 5.91 Å². The van der Waals surface area contributed by atoms with Crippen LogP contribution in [0.2, 0.25) is 0 Å². The molecular formula is C9H14BrN5O. The number of primary amides is 1. The molecule has 0 aliphatic carbocycles. The van der Waals surface area contributed by atoms with Crippen LogP contribution in [-0.2, 0) is 4.79 Å². The van der Waals surface area contributed by atoms with Gasteiger partial charge in [0.25, 0.3) is 0 Å². The largest absolute Gasteiger partial charge is 0.372 e. The van der Waals surface area contributed by atoms with Crippen molar-refractivity contribution in [1.29, 1.82) is 0 Å². The molecular weight excluding hydrogens is 274 g/mol. The Balaban J connectivity index is 3.04. The number of nitrogens with zero attached hydrogens (tertiary/aromatic N) is 3. The zero-order valence-electron chi connectivity index (χ0n) is 9.20. The van der Waals surface area contributed by atoms with Gasteiger partial charge in [-0.05, 0) is 22.9 Å². The standard InChI is InChI=1S/C9H14BrN5O/c1-3-15(4-6(11)16)9-7(10)8(12-2)13-5-14-9/h5H,3-4H2,1-2H3,(H2,11,16)(H,12,13,14). The third-order valence-corrected chi connectivity index (χ3v) is 2.77. The molecule has 6 nitrogen and oxygen atoms in total. The molecule has 0 aromatic carbocycles. The van der Waals surface area contributed by atoms with Crippen molar-refractivity contribution >= 4 is 33.5 Å². The number of carbonyl (C=O) groups excluding carboxylic acids is 1. The summed E-state index contributed by atoms with van der Waals surface area (Å²) in [4.78, 5) is 20.9. The summed E-state index contributed by atoms with van der Waals surface area (Å²) in [6.07, 6.45) is 1.44. The van der Waals surface area contributed by atoms with E-state index in [0.29, 0.717) is 18.2 Å². The fraction of sp³-hybridized carbons (Fsp3) is 0.444. The summed E-state index contributed by atoms with van der Waals surface area (Å²) in [7, 11) is 1.77. The van der Waals surface area contributed by atoms with Gasteiger partial charge in [0, 0.05) is 13.6 Å². The number of likely N-dealkylation sites (N-methyl/N-ethyl adjacent to an activating group) is 1. The van der Waals surface area contributed by atoms with Crippen LogP contribution >= 0.6 is 15.9 Å². The number of anilines is 2. The van der Waals surface area contributed by atoms with E-state index in [1.807, 2.05) is 6.92 Å². The van der Waals surface area contributed by atoms with Crippen LogP contribution in [0.25, 0.3) is 0 Å². The highest BCUT2D eigenvalue weighted by molar-refractivity contribution is 9.10. The first-order chi connectivity index (χ1) is 7.60. The van der Waals surface area contributed by atoms with Crippen LogP contribution in [0.4, 0.5) is 11.6 Å². The average Bonchev–Trinajstić information content (AvgIpc) is 2.26. The molecule has 0 aliphatic heterocycles. The van der Waals surface area contributed by atoms with E-state index in [1.165, 1.54) is 6.33 Å². The number of aromatic nitrogens is 2. The summed E-state index contributed by atoms with van der Waals surface area (Å²) in [6, 6.07) is 0. The van der Waals surface area contributed by atoms with E-state index in [1.54, 1.807) is 11.9 Å². The summed E-state index contributed by atoms with van der Waals surface area (Å²) < 4.78 is 0.723. The molecule has 1 rings (SSSR count). The summed E-state index contributed by atoms with van der Waals surface area (Å²) in [5.74, 6) is 0.937. The van der Waals surface area contributed by atoms with Gasteiger partial charge in [0.05, 0.1) is 6.54 Å². The van der Waals surface area contributed by atoms with Gasteiger partial charge in [-0.2, -0.15) is 0 Å². The van der Waals surface area contributed by atoms with Gasteiger partial charge in [0.1, 0.15) is 22.4 Å². The number of halogens is 1. The molecule has 1 aromatic heterocycles. The second-order valence-electron chi connectivity index (χ2n) is 3.09. The fourth-order valence-corrected chi connectivity index (χ4v) is 1.93. The minimum atomic E-state index is -0.390. The van der Waals surface area contributed by atoms with Crippen molar-refractivity contribution in [2.24, 2.45) is 5.73 Å². The normalized spacial score (nSPS) is 9.94. The maximum absolute atomic E-state index is 10.9. The highest BCUT2D eigenvalue weighted by Crippen LogP contribution is 2.28. The molecule has 7 heteroatoms. The Morgan fingerprint density at radius 2 is 2.31 bits per heavy atom. The van der Waals surface area contributed by atoms with Crippen molar-refractivity contribution in [2.75, 3.05) is 30.4 Å². The third kappa shape index (κ3) is 2.82. The predicted octanol–water partition coefficient (Wildman–Crippen LogP) is 0.592. The lowest BCUT2D eigenvalue weighted by atomic mass is 10.4. The van der Waals surface area contributed by atoms with Gasteiger partial charge in [-0.3, -0.25) is 4.79 Å². The van der Waals surface area contributed by atoms with Gasteiger partial charge in [-0.25, -0.2) is 9.97 Å². The number of nitrogens with two attached hydrogens (primary N) is 1. The van der Waals surface area contributed by atoms with Gasteiger partial charge in [0.15, 0.2) is 0 Å². The van der Waals surface area contributed by atoms with Crippen molar-refractivity contribution in [3.8, 4) is 0 Å². The zero-order valence-corrected chi connectivity index (χ0v) is 10.8. The molecule has 3 N–H and O–H groups in total. The van der Waals surface area contributed by atoms with Crippen LogP contribution in [0.1, 0.15) is 6.92 Å². The molecule has 1 aromatic rings. The second-order valence-corrected chi connectivity index (χ2v) is 3.88. The van der Waals surface area contributed by atoms with E-state index in [0.717, 1.165) is 4.47 Å². The van der Waals surface area contributed by atoms with Crippen molar-refractivity contribution in [3.05, 3.63) is 10.8 Å². The molecule has 0 saturated carbocycles. The van der Waals surface area contributed by atoms with Crippen molar-refractivity contribution < 1.29 is 4.79 Å². The molecule has 0 saturated heterocycles. The van der Waals surface area contributed by atoms with Crippen LogP contribution in [0.15, 0.2) is 10.8 Å². The molecule has 88 valence electrons. The Labute approximate surface area is 102 Å². The molecule has 1 heterocycles. The zero-order chi connectivity index (χ0) is 12.1. The molecule has 0 fully saturated rings. The minimum absolute atomic E-state index is 0.134. The minimum Gasteiger partial charge on any atom is -0.372 e. The molecule has 0 spiro atoms. The lowest BCUT2D eigenvalue weighted by Gasteiger charge is -2.21. The smallest absolute Gasteiger partial charge is 0.236 e. The van der Waals surface area contributed by atoms with E-state index in [-0.39, 0.29) is 6.54 Å². The first-order valence-electron chi connectivity index (χ1n) is 4.81. The Bertz CT molecular complexity index is 384. The third-order valence-electron chi connectivity index (χ3n) is 2.04. The first kappa shape index (κ1) is 12.7. The Morgan fingerprint density at radius 3 is 2.81 bits per heavy atom. The topological polar surface area (TPSA) is 84.1 Å². The second kappa shape index (κ2) is 5.64. The Hall–Kier alpha value is -1.37. The van der Waals surface area contributed by atoms with Crippen LogP contribution in [0.3, 0.4) is 0 Å². The summed E-state index contributed by atoms with van der Waals surface area (Å²) in [6.45, 7) is 2.70. The highest BCUT2D eigenvalue weighted by Gasteiger charge is 2.15. The molecule has 0 radical (unpaired) electrons. The quantitative estimate of drug-likeness (QED) is 0.828. The molecule has 0 bridgehead atoms.